The average molecular weight is 225 g/mol. The van der Waals surface area contributed by atoms with E-state index in [4.69, 9.17) is 5.73 Å². The Morgan fingerprint density at radius 2 is 2.06 bits per heavy atom. The molecule has 16 heavy (non-hydrogen) atoms. The molecule has 1 aliphatic rings. The van der Waals surface area contributed by atoms with Crippen molar-refractivity contribution in [1.82, 2.24) is 4.90 Å². The van der Waals surface area contributed by atoms with Crippen LogP contribution in [0.1, 0.15) is 12.5 Å². The van der Waals surface area contributed by atoms with Gasteiger partial charge in [0.25, 0.3) is 0 Å². The maximum absolute atomic E-state index is 13.2. The molecule has 1 heterocycles. The molecule has 3 nitrogen and oxygen atoms in total. The lowest BCUT2D eigenvalue weighted by Gasteiger charge is -2.33. The molecule has 2 rings (SSSR count). The molecule has 1 aliphatic heterocycles. The second-order valence-electron chi connectivity index (χ2n) is 4.14. The van der Waals surface area contributed by atoms with Crippen LogP contribution in [0.3, 0.4) is 0 Å². The van der Waals surface area contributed by atoms with Gasteiger partial charge in [0, 0.05) is 7.05 Å². The highest BCUT2D eigenvalue weighted by molar-refractivity contribution is 5.80. The van der Waals surface area contributed by atoms with Crippen LogP contribution in [0.25, 0.3) is 0 Å². The topological polar surface area (TPSA) is 41.6 Å². The Balaban J connectivity index is 2.42. The van der Waals surface area contributed by atoms with E-state index < -0.39 is 17.2 Å². The van der Waals surface area contributed by atoms with Gasteiger partial charge >= 0.3 is 0 Å². The summed E-state index contributed by atoms with van der Waals surface area (Å²) in [6, 6.07) is 3.88. The van der Waals surface area contributed by atoms with Gasteiger partial charge in [-0.05, 0) is 24.6 Å². The monoisotopic (exact) mass is 225 g/mol. The highest BCUT2D eigenvalue weighted by Crippen LogP contribution is 2.31. The predicted octanol–water partition coefficient (Wildman–Crippen LogP) is 1.44. The number of hydrogen-bond acceptors (Lipinski definition) is 3. The summed E-state index contributed by atoms with van der Waals surface area (Å²) in [5.41, 5.74) is 5.83. The molecular formula is C11H13F2N3. The number of benzene rings is 1. The van der Waals surface area contributed by atoms with E-state index >= 15 is 0 Å². The number of nitrogens with two attached hydrogens (primary N) is 1. The molecule has 1 aromatic rings. The molecule has 0 saturated heterocycles. The van der Waals surface area contributed by atoms with Crippen molar-refractivity contribution in [2.75, 3.05) is 13.6 Å². The lowest BCUT2D eigenvalue weighted by atomic mass is 9.91. The van der Waals surface area contributed by atoms with Gasteiger partial charge in [0.15, 0.2) is 17.6 Å². The van der Waals surface area contributed by atoms with Crippen LogP contribution in [-0.2, 0) is 5.54 Å². The van der Waals surface area contributed by atoms with Crippen LogP contribution < -0.4 is 5.73 Å². The van der Waals surface area contributed by atoms with Crippen molar-refractivity contribution < 1.29 is 8.78 Å². The summed E-state index contributed by atoms with van der Waals surface area (Å²) < 4.78 is 26.0. The van der Waals surface area contributed by atoms with E-state index in [0.717, 1.165) is 6.07 Å². The zero-order valence-corrected chi connectivity index (χ0v) is 9.17. The summed E-state index contributed by atoms with van der Waals surface area (Å²) in [7, 11) is 1.78. The number of aliphatic imine (C=N–C) groups is 1. The normalized spacial score (nSPS) is 24.8. The molecule has 0 aliphatic carbocycles. The molecule has 0 spiro atoms. The Hall–Kier alpha value is -1.65. The molecule has 1 unspecified atom stereocenters. The van der Waals surface area contributed by atoms with E-state index in [9.17, 15) is 8.78 Å². The minimum absolute atomic E-state index is 0.409. The third-order valence-electron chi connectivity index (χ3n) is 3.17. The molecular weight excluding hydrogens is 212 g/mol. The molecule has 0 bridgehead atoms. The van der Waals surface area contributed by atoms with Crippen molar-refractivity contribution in [2.45, 2.75) is 12.5 Å². The zero-order valence-electron chi connectivity index (χ0n) is 9.17. The third kappa shape index (κ3) is 1.43. The van der Waals surface area contributed by atoms with E-state index in [2.05, 4.69) is 4.99 Å². The largest absolute Gasteiger partial charge is 0.370 e. The molecule has 0 radical (unpaired) electrons. The van der Waals surface area contributed by atoms with E-state index in [1.807, 2.05) is 6.92 Å². The van der Waals surface area contributed by atoms with Crippen molar-refractivity contribution in [3.8, 4) is 0 Å². The van der Waals surface area contributed by atoms with Crippen LogP contribution in [-0.4, -0.2) is 24.5 Å². The molecule has 0 fully saturated rings. The minimum atomic E-state index is -0.849. The third-order valence-corrected chi connectivity index (χ3v) is 3.17. The lowest BCUT2D eigenvalue weighted by Crippen LogP contribution is -2.44. The molecule has 86 valence electrons. The molecule has 1 aromatic carbocycles. The van der Waals surface area contributed by atoms with Crippen LogP contribution in [0.2, 0.25) is 0 Å². The van der Waals surface area contributed by atoms with Crippen molar-refractivity contribution in [3.05, 3.63) is 35.4 Å². The number of likely N-dealkylation sites (N-methyl/N-ethyl adjacent to an activating group) is 1. The molecule has 5 heteroatoms. The van der Waals surface area contributed by atoms with Gasteiger partial charge in [-0.25, -0.2) is 8.78 Å². The SMILES string of the molecule is CN1C(N)=NCC1(C)c1ccc(F)c(F)c1. The first-order valence-electron chi connectivity index (χ1n) is 4.94. The van der Waals surface area contributed by atoms with Crippen LogP contribution in [0.4, 0.5) is 8.78 Å². The summed E-state index contributed by atoms with van der Waals surface area (Å²) in [5.74, 6) is -1.29. The van der Waals surface area contributed by atoms with Gasteiger partial charge in [0.1, 0.15) is 0 Å². The summed E-state index contributed by atoms with van der Waals surface area (Å²) in [5, 5.41) is 0. The van der Waals surface area contributed by atoms with Gasteiger partial charge in [0.05, 0.1) is 12.1 Å². The van der Waals surface area contributed by atoms with Gasteiger partial charge < -0.3 is 10.6 Å². The highest BCUT2D eigenvalue weighted by atomic mass is 19.2. The van der Waals surface area contributed by atoms with Gasteiger partial charge in [-0.2, -0.15) is 0 Å². The van der Waals surface area contributed by atoms with Crippen LogP contribution in [0.5, 0.6) is 0 Å². The first-order valence-corrected chi connectivity index (χ1v) is 4.94. The fraction of sp³-hybridized carbons (Fsp3) is 0.364. The number of hydrogen-bond donors (Lipinski definition) is 1. The maximum atomic E-state index is 13.2. The number of halogens is 2. The minimum Gasteiger partial charge on any atom is -0.370 e. The Bertz CT molecular complexity index is 459. The van der Waals surface area contributed by atoms with E-state index in [-0.39, 0.29) is 0 Å². The van der Waals surface area contributed by atoms with E-state index in [1.54, 1.807) is 18.0 Å². The quantitative estimate of drug-likeness (QED) is 0.785. The molecule has 0 amide bonds. The van der Waals surface area contributed by atoms with E-state index in [0.29, 0.717) is 18.1 Å². The molecule has 1 atom stereocenters. The summed E-state index contributed by atoms with van der Waals surface area (Å²) >= 11 is 0. The molecule has 2 N–H and O–H groups in total. The Morgan fingerprint density at radius 1 is 1.38 bits per heavy atom. The van der Waals surface area contributed by atoms with Gasteiger partial charge in [-0.1, -0.05) is 6.07 Å². The van der Waals surface area contributed by atoms with Crippen molar-refractivity contribution >= 4 is 5.96 Å². The number of nitrogens with zero attached hydrogens (tertiary/aromatic N) is 2. The number of rotatable bonds is 1. The van der Waals surface area contributed by atoms with Crippen LogP contribution in [0, 0.1) is 11.6 Å². The van der Waals surface area contributed by atoms with Crippen LogP contribution in [0.15, 0.2) is 23.2 Å². The van der Waals surface area contributed by atoms with Crippen molar-refractivity contribution in [2.24, 2.45) is 10.7 Å². The zero-order chi connectivity index (χ0) is 11.9. The number of guanidine groups is 1. The summed E-state index contributed by atoms with van der Waals surface area (Å²) in [6.45, 7) is 2.34. The first kappa shape index (κ1) is 10.9. The Morgan fingerprint density at radius 3 is 2.56 bits per heavy atom. The highest BCUT2D eigenvalue weighted by Gasteiger charge is 2.37. The van der Waals surface area contributed by atoms with Gasteiger partial charge in [-0.15, -0.1) is 0 Å². The maximum Gasteiger partial charge on any atom is 0.191 e. The summed E-state index contributed by atoms with van der Waals surface area (Å²) in [6.07, 6.45) is 0. The van der Waals surface area contributed by atoms with Crippen LogP contribution >= 0.6 is 0 Å². The standard InChI is InChI=1S/C11H13F2N3/c1-11(6-15-10(14)16(11)2)7-3-4-8(12)9(13)5-7/h3-5H,6H2,1-2H3,(H2,14,15). The summed E-state index contributed by atoms with van der Waals surface area (Å²) in [4.78, 5) is 5.87. The second-order valence-corrected chi connectivity index (χ2v) is 4.14. The smallest absolute Gasteiger partial charge is 0.191 e. The fourth-order valence-electron chi connectivity index (χ4n) is 1.82. The lowest BCUT2D eigenvalue weighted by molar-refractivity contribution is 0.266. The van der Waals surface area contributed by atoms with E-state index in [1.165, 1.54) is 6.07 Å². The van der Waals surface area contributed by atoms with Crippen molar-refractivity contribution in [3.63, 3.8) is 0 Å². The van der Waals surface area contributed by atoms with Crippen molar-refractivity contribution in [1.29, 1.82) is 0 Å². The second kappa shape index (κ2) is 3.43. The Kier molecular flexibility index (Phi) is 2.33. The molecule has 0 aromatic heterocycles. The van der Waals surface area contributed by atoms with Gasteiger partial charge in [-0.3, -0.25) is 4.99 Å². The predicted molar refractivity (Wildman–Crippen MR) is 58.0 cm³/mol. The molecule has 0 saturated carbocycles. The van der Waals surface area contributed by atoms with Gasteiger partial charge in [0.2, 0.25) is 0 Å². The Labute approximate surface area is 92.6 Å². The average Bonchev–Trinajstić information content (AvgIpc) is 2.52. The fourth-order valence-corrected chi connectivity index (χ4v) is 1.82. The first-order chi connectivity index (χ1) is 7.45.